The van der Waals surface area contributed by atoms with Crippen LogP contribution < -0.4 is 0 Å². The minimum atomic E-state index is 0.460. The van der Waals surface area contributed by atoms with Crippen LogP contribution in [0.4, 0.5) is 0 Å². The molecule has 0 N–H and O–H groups in total. The van der Waals surface area contributed by atoms with Crippen LogP contribution in [0.3, 0.4) is 0 Å². The molecule has 1 unspecified atom stereocenters. The van der Waals surface area contributed by atoms with Gasteiger partial charge in [0.25, 0.3) is 0 Å². The first-order valence-corrected chi connectivity index (χ1v) is 9.42. The van der Waals surface area contributed by atoms with Gasteiger partial charge in [-0.1, -0.05) is 91.9 Å². The molecule has 1 aromatic heterocycles. The predicted molar refractivity (Wildman–Crippen MR) is 110 cm³/mol. The molecule has 5 rings (SSSR count). The van der Waals surface area contributed by atoms with Crippen LogP contribution in [0.25, 0.3) is 33.9 Å². The van der Waals surface area contributed by atoms with Gasteiger partial charge in [-0.25, -0.2) is 9.97 Å². The minimum absolute atomic E-state index is 0.460. The molecule has 0 spiro atoms. The highest BCUT2D eigenvalue weighted by Gasteiger charge is 2.27. The van der Waals surface area contributed by atoms with Gasteiger partial charge in [0.15, 0.2) is 5.82 Å². The lowest BCUT2D eigenvalue weighted by Crippen LogP contribution is -2.13. The third-order valence-corrected chi connectivity index (χ3v) is 5.34. The minimum Gasteiger partial charge on any atom is -0.228 e. The molecule has 0 radical (unpaired) electrons. The van der Waals surface area contributed by atoms with Crippen molar-refractivity contribution in [2.24, 2.45) is 0 Å². The monoisotopic (exact) mass is 348 g/mol. The molecular formula is C25H20N2. The summed E-state index contributed by atoms with van der Waals surface area (Å²) in [5.41, 5.74) is 8.21. The number of hydrogen-bond donors (Lipinski definition) is 0. The maximum atomic E-state index is 5.03. The lowest BCUT2D eigenvalue weighted by molar-refractivity contribution is 0.742. The van der Waals surface area contributed by atoms with Crippen LogP contribution in [0.1, 0.15) is 24.0 Å². The van der Waals surface area contributed by atoms with Crippen molar-refractivity contribution in [3.05, 3.63) is 96.1 Å². The molecule has 1 atom stereocenters. The molecular weight excluding hydrogens is 328 g/mol. The van der Waals surface area contributed by atoms with Crippen molar-refractivity contribution >= 4 is 0 Å². The van der Waals surface area contributed by atoms with Crippen molar-refractivity contribution in [2.45, 2.75) is 19.3 Å². The number of benzene rings is 3. The summed E-state index contributed by atoms with van der Waals surface area (Å²) >= 11 is 0. The highest BCUT2D eigenvalue weighted by Crippen LogP contribution is 2.42. The van der Waals surface area contributed by atoms with Gasteiger partial charge in [0, 0.05) is 22.3 Å². The first-order valence-electron chi connectivity index (χ1n) is 9.42. The van der Waals surface area contributed by atoms with Gasteiger partial charge in [-0.2, -0.15) is 0 Å². The second kappa shape index (κ2) is 6.48. The summed E-state index contributed by atoms with van der Waals surface area (Å²) in [7, 11) is 0. The van der Waals surface area contributed by atoms with Crippen LogP contribution in [0, 0.1) is 0 Å². The van der Waals surface area contributed by atoms with E-state index in [1.807, 2.05) is 24.3 Å². The van der Waals surface area contributed by atoms with E-state index in [2.05, 4.69) is 67.6 Å². The summed E-state index contributed by atoms with van der Waals surface area (Å²) in [6.07, 6.45) is 0.964. The maximum absolute atomic E-state index is 5.03. The summed E-state index contributed by atoms with van der Waals surface area (Å²) in [6.45, 7) is 2.29. The zero-order chi connectivity index (χ0) is 18.2. The Morgan fingerprint density at radius 2 is 1.26 bits per heavy atom. The Bertz CT molecular complexity index is 1080. The average molecular weight is 348 g/mol. The van der Waals surface area contributed by atoms with E-state index in [1.165, 1.54) is 16.7 Å². The van der Waals surface area contributed by atoms with E-state index in [-0.39, 0.29) is 0 Å². The Kier molecular flexibility index (Phi) is 3.83. The molecule has 4 aromatic rings. The Labute approximate surface area is 159 Å². The molecule has 0 aliphatic heterocycles. The number of aromatic nitrogens is 2. The molecule has 0 fully saturated rings. The summed E-state index contributed by atoms with van der Waals surface area (Å²) in [6, 6.07) is 29.4. The van der Waals surface area contributed by atoms with Crippen LogP contribution in [0.15, 0.2) is 84.9 Å². The third-order valence-electron chi connectivity index (χ3n) is 5.34. The Hall–Kier alpha value is -3.26. The largest absolute Gasteiger partial charge is 0.228 e. The summed E-state index contributed by atoms with van der Waals surface area (Å²) < 4.78 is 0. The van der Waals surface area contributed by atoms with Gasteiger partial charge in [0.2, 0.25) is 0 Å². The zero-order valence-electron chi connectivity index (χ0n) is 15.3. The van der Waals surface area contributed by atoms with Gasteiger partial charge in [0.1, 0.15) is 0 Å². The lowest BCUT2D eigenvalue weighted by Gasteiger charge is -2.26. The summed E-state index contributed by atoms with van der Waals surface area (Å²) in [4.78, 5) is 10.1. The molecule has 0 amide bonds. The fraction of sp³-hybridized carbons (Fsp3) is 0.120. The quantitative estimate of drug-likeness (QED) is 0.435. The highest BCUT2D eigenvalue weighted by molar-refractivity contribution is 5.80. The Morgan fingerprint density at radius 3 is 2.00 bits per heavy atom. The molecule has 1 aliphatic rings. The summed E-state index contributed by atoms with van der Waals surface area (Å²) in [5.74, 6) is 1.25. The van der Waals surface area contributed by atoms with Crippen molar-refractivity contribution in [1.82, 2.24) is 9.97 Å². The van der Waals surface area contributed by atoms with Crippen molar-refractivity contribution in [1.29, 1.82) is 0 Å². The van der Waals surface area contributed by atoms with Gasteiger partial charge in [-0.15, -0.1) is 0 Å². The van der Waals surface area contributed by atoms with Crippen LogP contribution in [-0.4, -0.2) is 9.97 Å². The molecule has 130 valence electrons. The topological polar surface area (TPSA) is 25.8 Å². The van der Waals surface area contributed by atoms with Crippen LogP contribution in [0.5, 0.6) is 0 Å². The SMILES string of the molecule is CC1Cc2c(-c3ccccc3)nc(-c3ccccc3)nc2-c2ccccc21. The second-order valence-corrected chi connectivity index (χ2v) is 7.15. The second-order valence-electron chi connectivity index (χ2n) is 7.15. The van der Waals surface area contributed by atoms with Crippen molar-refractivity contribution in [3.8, 4) is 33.9 Å². The maximum Gasteiger partial charge on any atom is 0.160 e. The molecule has 1 aliphatic carbocycles. The smallest absolute Gasteiger partial charge is 0.160 e. The first kappa shape index (κ1) is 16.0. The van der Waals surface area contributed by atoms with Gasteiger partial charge in [0.05, 0.1) is 11.4 Å². The van der Waals surface area contributed by atoms with Crippen LogP contribution >= 0.6 is 0 Å². The van der Waals surface area contributed by atoms with Crippen LogP contribution in [-0.2, 0) is 6.42 Å². The van der Waals surface area contributed by atoms with Gasteiger partial charge in [-0.3, -0.25) is 0 Å². The molecule has 27 heavy (non-hydrogen) atoms. The molecule has 0 saturated carbocycles. The van der Waals surface area contributed by atoms with E-state index in [0.29, 0.717) is 5.92 Å². The number of rotatable bonds is 2. The molecule has 2 nitrogen and oxygen atoms in total. The van der Waals surface area contributed by atoms with E-state index in [4.69, 9.17) is 9.97 Å². The predicted octanol–water partition coefficient (Wildman–Crippen LogP) is 6.14. The van der Waals surface area contributed by atoms with Crippen LogP contribution in [0.2, 0.25) is 0 Å². The number of fused-ring (bicyclic) bond motifs is 3. The van der Waals surface area contributed by atoms with Gasteiger partial charge >= 0.3 is 0 Å². The molecule has 1 heterocycles. The first-order chi connectivity index (χ1) is 13.3. The van der Waals surface area contributed by atoms with Gasteiger partial charge < -0.3 is 0 Å². The van der Waals surface area contributed by atoms with E-state index in [9.17, 15) is 0 Å². The Morgan fingerprint density at radius 1 is 0.667 bits per heavy atom. The van der Waals surface area contributed by atoms with Crippen molar-refractivity contribution in [2.75, 3.05) is 0 Å². The highest BCUT2D eigenvalue weighted by atomic mass is 14.9. The normalized spacial score (nSPS) is 15.1. The summed E-state index contributed by atoms with van der Waals surface area (Å²) in [5, 5.41) is 0. The molecule has 0 bridgehead atoms. The number of hydrogen-bond acceptors (Lipinski definition) is 2. The van der Waals surface area contributed by atoms with Crippen molar-refractivity contribution in [3.63, 3.8) is 0 Å². The Balaban J connectivity index is 1.82. The fourth-order valence-corrected chi connectivity index (χ4v) is 4.01. The van der Waals surface area contributed by atoms with E-state index in [1.54, 1.807) is 0 Å². The third kappa shape index (κ3) is 2.74. The molecule has 3 aromatic carbocycles. The average Bonchev–Trinajstić information content (AvgIpc) is 2.75. The number of nitrogens with zero attached hydrogens (tertiary/aromatic N) is 2. The van der Waals surface area contributed by atoms with E-state index < -0.39 is 0 Å². The standard InChI is InChI=1S/C25H20N2/c1-17-16-22-23(18-10-4-2-5-11-18)26-25(19-12-6-3-7-13-19)27-24(22)21-15-9-8-14-20(17)21/h2-15,17H,16H2,1H3. The fourth-order valence-electron chi connectivity index (χ4n) is 4.01. The molecule has 0 saturated heterocycles. The lowest BCUT2D eigenvalue weighted by atomic mass is 9.80. The van der Waals surface area contributed by atoms with Gasteiger partial charge in [-0.05, 0) is 17.9 Å². The van der Waals surface area contributed by atoms with E-state index >= 15 is 0 Å². The van der Waals surface area contributed by atoms with Crippen molar-refractivity contribution < 1.29 is 0 Å². The zero-order valence-corrected chi connectivity index (χ0v) is 15.3. The molecule has 2 heteroatoms. The van der Waals surface area contributed by atoms with E-state index in [0.717, 1.165) is 34.8 Å².